The topological polar surface area (TPSA) is 46.0 Å². The molecule has 1 fully saturated rings. The molecule has 0 bridgehead atoms. The van der Waals surface area contributed by atoms with Crippen LogP contribution in [0.25, 0.3) is 0 Å². The molecule has 0 aliphatic carbocycles. The van der Waals surface area contributed by atoms with Crippen molar-refractivity contribution in [3.63, 3.8) is 0 Å². The first-order valence-corrected chi connectivity index (χ1v) is 5.98. The fraction of sp³-hybridized carbons (Fsp3) is 0.818. The van der Waals surface area contributed by atoms with E-state index in [1.807, 2.05) is 13.2 Å². The van der Waals surface area contributed by atoms with Gasteiger partial charge >= 0.3 is 0 Å². The van der Waals surface area contributed by atoms with E-state index in [0.717, 1.165) is 24.7 Å². The summed E-state index contributed by atoms with van der Waals surface area (Å²) in [7, 11) is 4.10. The third-order valence-corrected chi connectivity index (χ3v) is 3.11. The second kappa shape index (κ2) is 5.41. The van der Waals surface area contributed by atoms with Crippen LogP contribution in [0.4, 0.5) is 0 Å². The average Bonchev–Trinajstić information content (AvgIpc) is 2.64. The van der Waals surface area contributed by atoms with Crippen LogP contribution in [0.3, 0.4) is 0 Å². The second-order valence-electron chi connectivity index (χ2n) is 4.78. The van der Waals surface area contributed by atoms with E-state index in [4.69, 9.17) is 0 Å². The number of likely N-dealkylation sites (tertiary alicyclic amines) is 1. The van der Waals surface area contributed by atoms with Gasteiger partial charge in [-0.3, -0.25) is 4.68 Å². The minimum atomic E-state index is 0.787. The molecule has 0 amide bonds. The van der Waals surface area contributed by atoms with E-state index in [2.05, 4.69) is 27.6 Å². The van der Waals surface area contributed by atoms with E-state index >= 15 is 0 Å². The van der Waals surface area contributed by atoms with Crippen LogP contribution < -0.4 is 5.32 Å². The normalized spacial score (nSPS) is 22.5. The standard InChI is InChI=1S/C11H21N5/c1-15-5-3-4-10(8-15)6-12-7-11-9-16(2)14-13-11/h9-10,12H,3-8H2,1-2H3. The molecule has 2 heterocycles. The lowest BCUT2D eigenvalue weighted by Crippen LogP contribution is -2.37. The predicted molar refractivity (Wildman–Crippen MR) is 62.9 cm³/mol. The fourth-order valence-electron chi connectivity index (χ4n) is 2.32. The highest BCUT2D eigenvalue weighted by Gasteiger charge is 2.16. The predicted octanol–water partition coefficient (Wildman–Crippen LogP) is 0.246. The van der Waals surface area contributed by atoms with Crippen LogP contribution in [0.15, 0.2) is 6.20 Å². The van der Waals surface area contributed by atoms with Crippen molar-refractivity contribution < 1.29 is 0 Å². The first-order chi connectivity index (χ1) is 7.74. The monoisotopic (exact) mass is 223 g/mol. The lowest BCUT2D eigenvalue weighted by Gasteiger charge is -2.29. The summed E-state index contributed by atoms with van der Waals surface area (Å²) in [5.41, 5.74) is 1.02. The molecular weight excluding hydrogens is 202 g/mol. The summed E-state index contributed by atoms with van der Waals surface area (Å²) >= 11 is 0. The number of piperidine rings is 1. The van der Waals surface area contributed by atoms with Gasteiger partial charge in [0.15, 0.2) is 0 Å². The van der Waals surface area contributed by atoms with Crippen molar-refractivity contribution in [3.05, 3.63) is 11.9 Å². The highest BCUT2D eigenvalue weighted by Crippen LogP contribution is 2.13. The van der Waals surface area contributed by atoms with Crippen molar-refractivity contribution in [1.82, 2.24) is 25.2 Å². The number of nitrogens with zero attached hydrogens (tertiary/aromatic N) is 4. The molecule has 1 aromatic rings. The van der Waals surface area contributed by atoms with Gasteiger partial charge < -0.3 is 10.2 Å². The van der Waals surface area contributed by atoms with Crippen LogP contribution in [0.1, 0.15) is 18.5 Å². The third kappa shape index (κ3) is 3.28. The van der Waals surface area contributed by atoms with Gasteiger partial charge in [0.2, 0.25) is 0 Å². The summed E-state index contributed by atoms with van der Waals surface area (Å²) in [5.74, 6) is 0.787. The average molecular weight is 223 g/mol. The van der Waals surface area contributed by atoms with Gasteiger partial charge in [-0.2, -0.15) is 0 Å². The maximum atomic E-state index is 4.05. The van der Waals surface area contributed by atoms with Crippen LogP contribution in [0, 0.1) is 5.92 Å². The van der Waals surface area contributed by atoms with Crippen molar-refractivity contribution in [1.29, 1.82) is 0 Å². The molecule has 1 aliphatic rings. The SMILES string of the molecule is CN1CCCC(CNCc2cn(C)nn2)C1. The smallest absolute Gasteiger partial charge is 0.0964 e. The molecule has 1 atom stereocenters. The molecule has 1 saturated heterocycles. The largest absolute Gasteiger partial charge is 0.311 e. The summed E-state index contributed by atoms with van der Waals surface area (Å²) in [6, 6.07) is 0. The summed E-state index contributed by atoms with van der Waals surface area (Å²) in [5, 5.41) is 11.4. The second-order valence-corrected chi connectivity index (χ2v) is 4.78. The van der Waals surface area contributed by atoms with Crippen molar-refractivity contribution >= 4 is 0 Å². The molecule has 0 spiro atoms. The lowest BCUT2D eigenvalue weighted by atomic mass is 9.98. The van der Waals surface area contributed by atoms with Gasteiger partial charge in [0.25, 0.3) is 0 Å². The summed E-state index contributed by atoms with van der Waals surface area (Å²) in [4.78, 5) is 2.41. The van der Waals surface area contributed by atoms with Gasteiger partial charge in [-0.1, -0.05) is 5.21 Å². The first kappa shape index (κ1) is 11.5. The number of aryl methyl sites for hydroxylation is 1. The minimum absolute atomic E-state index is 0.787. The maximum Gasteiger partial charge on any atom is 0.0964 e. The Kier molecular flexibility index (Phi) is 3.90. The van der Waals surface area contributed by atoms with Crippen LogP contribution in [0.5, 0.6) is 0 Å². The molecule has 0 radical (unpaired) electrons. The highest BCUT2D eigenvalue weighted by atomic mass is 15.4. The van der Waals surface area contributed by atoms with E-state index < -0.39 is 0 Å². The number of aromatic nitrogens is 3. The Labute approximate surface area is 96.8 Å². The molecule has 16 heavy (non-hydrogen) atoms. The summed E-state index contributed by atoms with van der Waals surface area (Å²) in [6.45, 7) is 4.38. The summed E-state index contributed by atoms with van der Waals surface area (Å²) in [6.07, 6.45) is 4.63. The molecule has 1 N–H and O–H groups in total. The molecule has 2 rings (SSSR count). The van der Waals surface area contributed by atoms with Crippen LogP contribution >= 0.6 is 0 Å². The lowest BCUT2D eigenvalue weighted by molar-refractivity contribution is 0.206. The Morgan fingerprint density at radius 1 is 1.50 bits per heavy atom. The number of hydrogen-bond acceptors (Lipinski definition) is 4. The summed E-state index contributed by atoms with van der Waals surface area (Å²) < 4.78 is 1.74. The molecule has 1 unspecified atom stereocenters. The Balaban J connectivity index is 1.67. The van der Waals surface area contributed by atoms with Gasteiger partial charge in [-0.25, -0.2) is 0 Å². The number of hydrogen-bond donors (Lipinski definition) is 1. The molecule has 5 heteroatoms. The van der Waals surface area contributed by atoms with Crippen molar-refractivity contribution in [3.8, 4) is 0 Å². The Morgan fingerprint density at radius 2 is 2.38 bits per heavy atom. The zero-order valence-corrected chi connectivity index (χ0v) is 10.2. The molecule has 5 nitrogen and oxygen atoms in total. The number of nitrogens with one attached hydrogen (secondary N) is 1. The van der Waals surface area contributed by atoms with E-state index in [1.54, 1.807) is 4.68 Å². The number of rotatable bonds is 4. The van der Waals surface area contributed by atoms with Crippen molar-refractivity contribution in [2.45, 2.75) is 19.4 Å². The molecule has 0 aromatic carbocycles. The van der Waals surface area contributed by atoms with Gasteiger partial charge in [-0.15, -0.1) is 5.10 Å². The van der Waals surface area contributed by atoms with Gasteiger partial charge in [-0.05, 0) is 38.9 Å². The van der Waals surface area contributed by atoms with Gasteiger partial charge in [0.1, 0.15) is 0 Å². The van der Waals surface area contributed by atoms with E-state index in [-0.39, 0.29) is 0 Å². The third-order valence-electron chi connectivity index (χ3n) is 3.11. The Hall–Kier alpha value is -0.940. The molecular formula is C11H21N5. The molecule has 90 valence electrons. The van der Waals surface area contributed by atoms with Crippen LogP contribution in [-0.4, -0.2) is 46.6 Å². The van der Waals surface area contributed by atoms with E-state index in [9.17, 15) is 0 Å². The highest BCUT2D eigenvalue weighted by molar-refractivity contribution is 4.91. The quantitative estimate of drug-likeness (QED) is 0.794. The maximum absolute atomic E-state index is 4.05. The van der Waals surface area contributed by atoms with Gasteiger partial charge in [0, 0.05) is 26.3 Å². The Morgan fingerprint density at radius 3 is 3.06 bits per heavy atom. The molecule has 1 aliphatic heterocycles. The minimum Gasteiger partial charge on any atom is -0.311 e. The van der Waals surface area contributed by atoms with Crippen LogP contribution in [0.2, 0.25) is 0 Å². The Bertz CT molecular complexity index is 322. The van der Waals surface area contributed by atoms with Crippen LogP contribution in [-0.2, 0) is 13.6 Å². The zero-order chi connectivity index (χ0) is 11.4. The van der Waals surface area contributed by atoms with Crippen molar-refractivity contribution in [2.75, 3.05) is 26.7 Å². The fourth-order valence-corrected chi connectivity index (χ4v) is 2.32. The molecule has 1 aromatic heterocycles. The van der Waals surface area contributed by atoms with Crippen molar-refractivity contribution in [2.24, 2.45) is 13.0 Å². The van der Waals surface area contributed by atoms with E-state index in [0.29, 0.717) is 0 Å². The molecule has 0 saturated carbocycles. The first-order valence-electron chi connectivity index (χ1n) is 5.98. The van der Waals surface area contributed by atoms with Gasteiger partial charge in [0.05, 0.1) is 5.69 Å². The van der Waals surface area contributed by atoms with E-state index in [1.165, 1.54) is 25.9 Å². The zero-order valence-electron chi connectivity index (χ0n) is 10.2.